The number of rotatable bonds is 2. The van der Waals surface area contributed by atoms with Gasteiger partial charge in [0.15, 0.2) is 0 Å². The van der Waals surface area contributed by atoms with E-state index in [1.54, 1.807) is 0 Å². The first kappa shape index (κ1) is 7.54. The van der Waals surface area contributed by atoms with Crippen LogP contribution >= 0.6 is 0 Å². The maximum atomic E-state index is 11.0. The number of carbonyl (C=O) groups excluding carboxylic acids is 1. The lowest BCUT2D eigenvalue weighted by molar-refractivity contribution is -0.127. The van der Waals surface area contributed by atoms with Crippen LogP contribution < -0.4 is 5.73 Å². The van der Waals surface area contributed by atoms with Gasteiger partial charge >= 0.3 is 0 Å². The molecule has 0 aromatic rings. The summed E-state index contributed by atoms with van der Waals surface area (Å²) in [5.74, 6) is 0.672. The third kappa shape index (κ3) is 1.29. The minimum atomic E-state index is 0.262. The number of carbonyl (C=O) groups is 1. The van der Waals surface area contributed by atoms with Gasteiger partial charge in [0.25, 0.3) is 0 Å². The molecule has 0 saturated carbocycles. The Bertz CT molecular complexity index is 136. The van der Waals surface area contributed by atoms with Crippen molar-refractivity contribution in [1.29, 1.82) is 0 Å². The van der Waals surface area contributed by atoms with E-state index in [4.69, 9.17) is 5.73 Å². The normalized spacial score (nSPS) is 26.0. The predicted molar refractivity (Wildman–Crippen MR) is 39.4 cm³/mol. The van der Waals surface area contributed by atoms with E-state index < -0.39 is 0 Å². The van der Waals surface area contributed by atoms with Crippen LogP contribution in [0, 0.1) is 5.92 Å². The van der Waals surface area contributed by atoms with Crippen LogP contribution in [-0.4, -0.2) is 30.4 Å². The lowest BCUT2D eigenvalue weighted by Crippen LogP contribution is -2.25. The van der Waals surface area contributed by atoms with Gasteiger partial charge in [0.2, 0.25) is 5.91 Å². The standard InChI is InChI=1S/C7H14N2O/c1-2-9-5-6(4-8)3-7(9)10/h6H,2-5,8H2,1H3. The van der Waals surface area contributed by atoms with Crippen LogP contribution in [0.25, 0.3) is 0 Å². The molecule has 0 bridgehead atoms. The molecule has 1 atom stereocenters. The molecule has 0 spiro atoms. The topological polar surface area (TPSA) is 46.3 Å². The molecular weight excluding hydrogens is 128 g/mol. The summed E-state index contributed by atoms with van der Waals surface area (Å²) in [6, 6.07) is 0. The van der Waals surface area contributed by atoms with Gasteiger partial charge in [-0.2, -0.15) is 0 Å². The highest BCUT2D eigenvalue weighted by Gasteiger charge is 2.26. The quantitative estimate of drug-likeness (QED) is 0.581. The van der Waals surface area contributed by atoms with Crippen LogP contribution in [0.1, 0.15) is 13.3 Å². The first-order valence-corrected chi connectivity index (χ1v) is 3.75. The Balaban J connectivity index is 2.44. The Morgan fingerprint density at radius 1 is 1.80 bits per heavy atom. The molecule has 1 aliphatic heterocycles. The van der Waals surface area contributed by atoms with E-state index in [0.29, 0.717) is 18.9 Å². The summed E-state index contributed by atoms with van der Waals surface area (Å²) in [7, 11) is 0. The van der Waals surface area contributed by atoms with Gasteiger partial charge in [-0.15, -0.1) is 0 Å². The zero-order valence-electron chi connectivity index (χ0n) is 6.34. The Morgan fingerprint density at radius 2 is 2.50 bits per heavy atom. The molecule has 2 N–H and O–H groups in total. The van der Waals surface area contributed by atoms with Gasteiger partial charge in [0.05, 0.1) is 0 Å². The lowest BCUT2D eigenvalue weighted by Gasteiger charge is -2.12. The molecule has 3 heteroatoms. The van der Waals surface area contributed by atoms with Gasteiger partial charge in [0, 0.05) is 19.5 Å². The molecule has 0 radical (unpaired) electrons. The molecule has 1 unspecified atom stereocenters. The summed E-state index contributed by atoms with van der Waals surface area (Å²) >= 11 is 0. The average Bonchev–Trinajstić information content (AvgIpc) is 2.30. The highest BCUT2D eigenvalue weighted by atomic mass is 16.2. The van der Waals surface area contributed by atoms with Crippen molar-refractivity contribution >= 4 is 5.91 Å². The van der Waals surface area contributed by atoms with Gasteiger partial charge in [-0.1, -0.05) is 0 Å². The second-order valence-electron chi connectivity index (χ2n) is 2.74. The van der Waals surface area contributed by atoms with Gasteiger partial charge in [-0.3, -0.25) is 4.79 Å². The molecule has 58 valence electrons. The van der Waals surface area contributed by atoms with Gasteiger partial charge in [0.1, 0.15) is 0 Å². The Labute approximate surface area is 61.2 Å². The van der Waals surface area contributed by atoms with Crippen molar-refractivity contribution in [3.8, 4) is 0 Å². The molecule has 1 rings (SSSR count). The summed E-state index contributed by atoms with van der Waals surface area (Å²) in [6.07, 6.45) is 0.657. The van der Waals surface area contributed by atoms with Crippen molar-refractivity contribution in [2.45, 2.75) is 13.3 Å². The fourth-order valence-corrected chi connectivity index (χ4v) is 1.32. The largest absolute Gasteiger partial charge is 0.343 e. The Morgan fingerprint density at radius 3 is 2.80 bits per heavy atom. The molecule has 1 amide bonds. The predicted octanol–water partition coefficient (Wildman–Crippen LogP) is -0.187. The SMILES string of the molecule is CCN1CC(CN)CC1=O. The van der Waals surface area contributed by atoms with Crippen LogP contribution in [0.5, 0.6) is 0 Å². The second kappa shape index (κ2) is 3.01. The summed E-state index contributed by atoms with van der Waals surface area (Å²) < 4.78 is 0. The molecule has 1 saturated heterocycles. The van der Waals surface area contributed by atoms with Gasteiger partial charge in [-0.25, -0.2) is 0 Å². The highest BCUT2D eigenvalue weighted by molar-refractivity contribution is 5.78. The summed E-state index contributed by atoms with van der Waals surface area (Å²) in [6.45, 7) is 4.33. The maximum Gasteiger partial charge on any atom is 0.222 e. The molecule has 0 aliphatic carbocycles. The first-order chi connectivity index (χ1) is 4.77. The van der Waals surface area contributed by atoms with Crippen LogP contribution in [0.3, 0.4) is 0 Å². The summed E-state index contributed by atoms with van der Waals surface area (Å²) in [5, 5.41) is 0. The van der Waals surface area contributed by atoms with Crippen LogP contribution in [0.4, 0.5) is 0 Å². The second-order valence-corrected chi connectivity index (χ2v) is 2.74. The zero-order chi connectivity index (χ0) is 7.56. The number of nitrogens with two attached hydrogens (primary N) is 1. The maximum absolute atomic E-state index is 11.0. The van der Waals surface area contributed by atoms with E-state index in [1.165, 1.54) is 0 Å². The number of likely N-dealkylation sites (tertiary alicyclic amines) is 1. The Kier molecular flexibility index (Phi) is 2.27. The van der Waals surface area contributed by atoms with Crippen molar-refractivity contribution in [3.63, 3.8) is 0 Å². The average molecular weight is 142 g/mol. The summed E-state index contributed by atoms with van der Waals surface area (Å²) in [5.41, 5.74) is 5.43. The molecule has 0 aromatic heterocycles. The van der Waals surface area contributed by atoms with E-state index in [2.05, 4.69) is 0 Å². The summed E-state index contributed by atoms with van der Waals surface area (Å²) in [4.78, 5) is 12.9. The number of nitrogens with zero attached hydrogens (tertiary/aromatic N) is 1. The molecule has 1 aliphatic rings. The molecule has 3 nitrogen and oxygen atoms in total. The fraction of sp³-hybridized carbons (Fsp3) is 0.857. The van der Waals surface area contributed by atoms with Crippen LogP contribution in [0.2, 0.25) is 0 Å². The van der Waals surface area contributed by atoms with Crippen molar-refractivity contribution in [2.75, 3.05) is 19.6 Å². The van der Waals surface area contributed by atoms with Gasteiger partial charge < -0.3 is 10.6 Å². The smallest absolute Gasteiger partial charge is 0.222 e. The highest BCUT2D eigenvalue weighted by Crippen LogP contribution is 2.15. The van der Waals surface area contributed by atoms with E-state index in [9.17, 15) is 4.79 Å². The van der Waals surface area contributed by atoms with Crippen molar-refractivity contribution < 1.29 is 4.79 Å². The van der Waals surface area contributed by atoms with Crippen molar-refractivity contribution in [3.05, 3.63) is 0 Å². The lowest BCUT2D eigenvalue weighted by atomic mass is 10.1. The third-order valence-corrected chi connectivity index (χ3v) is 2.01. The van der Waals surface area contributed by atoms with E-state index in [-0.39, 0.29) is 5.91 Å². The van der Waals surface area contributed by atoms with Crippen LogP contribution in [0.15, 0.2) is 0 Å². The molecular formula is C7H14N2O. The minimum absolute atomic E-state index is 0.262. The zero-order valence-corrected chi connectivity index (χ0v) is 6.34. The van der Waals surface area contributed by atoms with E-state index >= 15 is 0 Å². The molecule has 10 heavy (non-hydrogen) atoms. The molecule has 1 heterocycles. The van der Waals surface area contributed by atoms with Crippen molar-refractivity contribution in [2.24, 2.45) is 11.7 Å². The van der Waals surface area contributed by atoms with Gasteiger partial charge in [-0.05, 0) is 19.4 Å². The van der Waals surface area contributed by atoms with Crippen molar-refractivity contribution in [1.82, 2.24) is 4.90 Å². The number of hydrogen-bond acceptors (Lipinski definition) is 2. The third-order valence-electron chi connectivity index (χ3n) is 2.01. The number of amides is 1. The monoisotopic (exact) mass is 142 g/mol. The number of hydrogen-bond donors (Lipinski definition) is 1. The van der Waals surface area contributed by atoms with E-state index in [0.717, 1.165) is 13.1 Å². The molecule has 0 aromatic carbocycles. The fourth-order valence-electron chi connectivity index (χ4n) is 1.32. The minimum Gasteiger partial charge on any atom is -0.343 e. The Hall–Kier alpha value is -0.570. The van der Waals surface area contributed by atoms with Crippen LogP contribution in [-0.2, 0) is 4.79 Å². The molecule has 1 fully saturated rings. The first-order valence-electron chi connectivity index (χ1n) is 3.75. The van der Waals surface area contributed by atoms with E-state index in [1.807, 2.05) is 11.8 Å².